The van der Waals surface area contributed by atoms with E-state index in [1.54, 1.807) is 0 Å². The lowest BCUT2D eigenvalue weighted by atomic mass is 9.89. The van der Waals surface area contributed by atoms with Gasteiger partial charge in [0.05, 0.1) is 0 Å². The van der Waals surface area contributed by atoms with Crippen LogP contribution in [0.2, 0.25) is 0 Å². The molecule has 0 aromatic rings. The average Bonchev–Trinajstić information content (AvgIpc) is 2.90. The fourth-order valence-corrected chi connectivity index (χ4v) is 6.10. The summed E-state index contributed by atoms with van der Waals surface area (Å²) in [6.07, 6.45) is 47.1. The predicted octanol–water partition coefficient (Wildman–Crippen LogP) is 13.6. The van der Waals surface area contributed by atoms with Gasteiger partial charge in [-0.25, -0.2) is 0 Å². The second kappa shape index (κ2) is 31.5. The number of hydrogen-bond donors (Lipinski definition) is 1. The minimum atomic E-state index is 0.0759. The van der Waals surface area contributed by atoms with Crippen molar-refractivity contribution in [3.05, 3.63) is 0 Å². The SMILES string of the molecule is CCCCCCCCCCCCCCCCCCC(C)(N)CCCCCCCCCCCCCCCCC. The van der Waals surface area contributed by atoms with E-state index in [4.69, 9.17) is 5.73 Å². The van der Waals surface area contributed by atoms with E-state index in [9.17, 15) is 0 Å². The number of rotatable bonds is 33. The van der Waals surface area contributed by atoms with Gasteiger partial charge in [-0.2, -0.15) is 0 Å². The molecule has 0 rings (SSSR count). The van der Waals surface area contributed by atoms with E-state index in [2.05, 4.69) is 20.8 Å². The summed E-state index contributed by atoms with van der Waals surface area (Å²) in [5.41, 5.74) is 6.71. The van der Waals surface area contributed by atoms with Crippen molar-refractivity contribution in [1.82, 2.24) is 0 Å². The summed E-state index contributed by atoms with van der Waals surface area (Å²) in [5, 5.41) is 0. The molecule has 230 valence electrons. The van der Waals surface area contributed by atoms with Gasteiger partial charge in [0.1, 0.15) is 0 Å². The van der Waals surface area contributed by atoms with Crippen molar-refractivity contribution in [2.24, 2.45) is 5.73 Å². The van der Waals surface area contributed by atoms with Crippen molar-refractivity contribution in [2.75, 3.05) is 0 Å². The van der Waals surface area contributed by atoms with Gasteiger partial charge in [0.25, 0.3) is 0 Å². The van der Waals surface area contributed by atoms with E-state index >= 15 is 0 Å². The molecule has 1 unspecified atom stereocenters. The van der Waals surface area contributed by atoms with Gasteiger partial charge in [-0.15, -0.1) is 0 Å². The quantitative estimate of drug-likeness (QED) is 0.0830. The molecule has 0 aromatic carbocycles. The topological polar surface area (TPSA) is 26.0 Å². The minimum absolute atomic E-state index is 0.0759. The van der Waals surface area contributed by atoms with Crippen LogP contribution < -0.4 is 5.73 Å². The van der Waals surface area contributed by atoms with Gasteiger partial charge >= 0.3 is 0 Å². The van der Waals surface area contributed by atoms with Crippen LogP contribution in [0.1, 0.15) is 233 Å². The second-order valence-electron chi connectivity index (χ2n) is 13.4. The first-order valence-corrected chi connectivity index (χ1v) is 18.4. The zero-order valence-electron chi connectivity index (χ0n) is 27.4. The lowest BCUT2D eigenvalue weighted by Gasteiger charge is -2.24. The minimum Gasteiger partial charge on any atom is -0.325 e. The van der Waals surface area contributed by atoms with Crippen LogP contribution in [0.25, 0.3) is 0 Å². The van der Waals surface area contributed by atoms with Crippen LogP contribution in [0.5, 0.6) is 0 Å². The van der Waals surface area contributed by atoms with Gasteiger partial charge in [0.2, 0.25) is 0 Å². The van der Waals surface area contributed by atoms with Crippen LogP contribution in [0.3, 0.4) is 0 Å². The Morgan fingerprint density at radius 3 is 0.632 bits per heavy atom. The Balaban J connectivity index is 3.27. The van der Waals surface area contributed by atoms with E-state index in [1.165, 1.54) is 212 Å². The maximum atomic E-state index is 6.63. The summed E-state index contributed by atoms with van der Waals surface area (Å²) in [7, 11) is 0. The van der Waals surface area contributed by atoms with Crippen molar-refractivity contribution in [1.29, 1.82) is 0 Å². The van der Waals surface area contributed by atoms with Crippen molar-refractivity contribution in [2.45, 2.75) is 238 Å². The molecule has 0 saturated carbocycles. The summed E-state index contributed by atoms with van der Waals surface area (Å²) in [6, 6.07) is 0. The fourth-order valence-electron chi connectivity index (χ4n) is 6.10. The molecule has 1 nitrogen and oxygen atoms in total. The molecule has 0 spiro atoms. The Kier molecular flexibility index (Phi) is 31.5. The Morgan fingerprint density at radius 2 is 0.447 bits per heavy atom. The van der Waals surface area contributed by atoms with Crippen LogP contribution in [0.4, 0.5) is 0 Å². The van der Waals surface area contributed by atoms with E-state index < -0.39 is 0 Å². The molecule has 0 heterocycles. The molecule has 1 atom stereocenters. The zero-order valence-corrected chi connectivity index (χ0v) is 27.4. The fraction of sp³-hybridized carbons (Fsp3) is 1.00. The molecular weight excluding hydrogens is 458 g/mol. The molecule has 0 saturated heterocycles. The lowest BCUT2D eigenvalue weighted by molar-refractivity contribution is 0.363. The predicted molar refractivity (Wildman–Crippen MR) is 176 cm³/mol. The van der Waals surface area contributed by atoms with E-state index in [0.29, 0.717) is 0 Å². The highest BCUT2D eigenvalue weighted by atomic mass is 14.7. The van der Waals surface area contributed by atoms with Crippen molar-refractivity contribution >= 4 is 0 Å². The number of unbranched alkanes of at least 4 members (excludes halogenated alkanes) is 29. The Bertz CT molecular complexity index is 415. The van der Waals surface area contributed by atoms with Crippen molar-refractivity contribution in [3.63, 3.8) is 0 Å². The highest BCUT2D eigenvalue weighted by molar-refractivity contribution is 4.78. The van der Waals surface area contributed by atoms with Gasteiger partial charge in [0, 0.05) is 5.54 Å². The molecule has 0 amide bonds. The molecule has 1 heteroatoms. The van der Waals surface area contributed by atoms with Gasteiger partial charge in [0.15, 0.2) is 0 Å². The van der Waals surface area contributed by atoms with Crippen LogP contribution >= 0.6 is 0 Å². The highest BCUT2D eigenvalue weighted by Crippen LogP contribution is 2.21. The lowest BCUT2D eigenvalue weighted by Crippen LogP contribution is -2.35. The van der Waals surface area contributed by atoms with E-state index in [-0.39, 0.29) is 5.54 Å². The Hall–Kier alpha value is -0.0400. The van der Waals surface area contributed by atoms with E-state index in [1.807, 2.05) is 0 Å². The van der Waals surface area contributed by atoms with Crippen LogP contribution in [0, 0.1) is 0 Å². The zero-order chi connectivity index (χ0) is 27.8. The second-order valence-corrected chi connectivity index (χ2v) is 13.4. The van der Waals surface area contributed by atoms with Crippen molar-refractivity contribution < 1.29 is 0 Å². The van der Waals surface area contributed by atoms with Crippen LogP contribution in [-0.4, -0.2) is 5.54 Å². The molecule has 0 bridgehead atoms. The van der Waals surface area contributed by atoms with Gasteiger partial charge < -0.3 is 5.73 Å². The van der Waals surface area contributed by atoms with Gasteiger partial charge in [-0.05, 0) is 19.8 Å². The molecule has 2 N–H and O–H groups in total. The third-order valence-corrected chi connectivity index (χ3v) is 8.95. The summed E-state index contributed by atoms with van der Waals surface area (Å²) in [4.78, 5) is 0. The van der Waals surface area contributed by atoms with Crippen LogP contribution in [0.15, 0.2) is 0 Å². The monoisotopic (exact) mass is 536 g/mol. The summed E-state index contributed by atoms with van der Waals surface area (Å²) in [5.74, 6) is 0. The third kappa shape index (κ3) is 32.2. The molecule has 0 aliphatic rings. The molecule has 38 heavy (non-hydrogen) atoms. The molecular formula is C37H77N. The molecule has 0 aromatic heterocycles. The summed E-state index contributed by atoms with van der Waals surface area (Å²) >= 11 is 0. The number of nitrogens with two attached hydrogens (primary N) is 1. The summed E-state index contributed by atoms with van der Waals surface area (Å²) in [6.45, 7) is 6.92. The summed E-state index contributed by atoms with van der Waals surface area (Å²) < 4.78 is 0. The number of hydrogen-bond acceptors (Lipinski definition) is 1. The maximum Gasteiger partial charge on any atom is 0.0125 e. The Labute approximate surface area is 243 Å². The molecule has 0 radical (unpaired) electrons. The molecule has 0 aliphatic carbocycles. The van der Waals surface area contributed by atoms with Gasteiger partial charge in [-0.1, -0.05) is 213 Å². The molecule has 0 fully saturated rings. The van der Waals surface area contributed by atoms with E-state index in [0.717, 1.165) is 0 Å². The average molecular weight is 536 g/mol. The van der Waals surface area contributed by atoms with Gasteiger partial charge in [-0.3, -0.25) is 0 Å². The smallest absolute Gasteiger partial charge is 0.0125 e. The Morgan fingerprint density at radius 1 is 0.289 bits per heavy atom. The van der Waals surface area contributed by atoms with Crippen molar-refractivity contribution in [3.8, 4) is 0 Å². The maximum absolute atomic E-state index is 6.63. The first kappa shape index (κ1) is 38.0. The standard InChI is InChI=1S/C37H77N/c1-4-6-8-10-12-14-16-18-20-22-24-26-28-30-32-34-36-37(3,38)35-33-31-29-27-25-23-21-19-17-15-13-11-9-7-5-2/h4-36,38H2,1-3H3. The molecule has 0 aliphatic heterocycles. The van der Waals surface area contributed by atoms with Crippen LogP contribution in [-0.2, 0) is 0 Å². The highest BCUT2D eigenvalue weighted by Gasteiger charge is 2.16. The normalized spacial score (nSPS) is 13.3. The largest absolute Gasteiger partial charge is 0.325 e. The first-order chi connectivity index (χ1) is 18.6. The third-order valence-electron chi connectivity index (χ3n) is 8.95. The first-order valence-electron chi connectivity index (χ1n) is 18.4.